The van der Waals surface area contributed by atoms with E-state index in [1.54, 1.807) is 30.3 Å². The van der Waals surface area contributed by atoms with Crippen LogP contribution >= 0.6 is 7.60 Å². The van der Waals surface area contributed by atoms with Gasteiger partial charge in [-0.15, -0.1) is 0 Å². The van der Waals surface area contributed by atoms with Crippen LogP contribution in [-0.4, -0.2) is 62.9 Å². The SMILES string of the molecule is CC/C=C\C/C=C\C/C=C\C/C=C\C/C=C\C/C=C\CCC(=O)NCCCP(=O)(OC[C@@]1(N=[N+]=[N-])O[C@@H](n2ccc(N)nc2=O)[C@H](O)[C@@H]1O)Oc1ccccc1. The zero-order valence-electron chi connectivity index (χ0n) is 31.8. The van der Waals surface area contributed by atoms with Gasteiger partial charge in [-0.2, -0.15) is 4.98 Å². The number of nitrogens with zero attached hydrogens (tertiary/aromatic N) is 5. The summed E-state index contributed by atoms with van der Waals surface area (Å²) in [5.74, 6) is -0.0372. The van der Waals surface area contributed by atoms with Crippen LogP contribution in [0.4, 0.5) is 5.82 Å². The van der Waals surface area contributed by atoms with Gasteiger partial charge in [-0.25, -0.2) is 9.36 Å². The zero-order valence-corrected chi connectivity index (χ0v) is 32.7. The Morgan fingerprint density at radius 2 is 1.59 bits per heavy atom. The van der Waals surface area contributed by atoms with Crippen LogP contribution in [0.25, 0.3) is 10.4 Å². The number of nitrogens with two attached hydrogens (primary N) is 1. The number of allylic oxidation sites excluding steroid dienone is 12. The predicted octanol–water partition coefficient (Wildman–Crippen LogP) is 7.36. The third kappa shape index (κ3) is 16.0. The molecule has 0 saturated carbocycles. The van der Waals surface area contributed by atoms with Crippen molar-refractivity contribution in [3.05, 3.63) is 136 Å². The molecule has 56 heavy (non-hydrogen) atoms. The Bertz CT molecular complexity index is 1840. The van der Waals surface area contributed by atoms with Gasteiger partial charge in [0.05, 0.1) is 12.8 Å². The van der Waals surface area contributed by atoms with Gasteiger partial charge in [0.1, 0.15) is 23.8 Å². The molecule has 0 spiro atoms. The molecule has 0 bridgehead atoms. The lowest BCUT2D eigenvalue weighted by molar-refractivity contribution is -0.121. The molecule has 1 fully saturated rings. The molecule has 1 aromatic heterocycles. The van der Waals surface area contributed by atoms with E-state index in [9.17, 15) is 29.9 Å². The first-order valence-corrected chi connectivity index (χ1v) is 20.5. The van der Waals surface area contributed by atoms with Gasteiger partial charge in [0.2, 0.25) is 11.6 Å². The minimum Gasteiger partial charge on any atom is -0.424 e. The van der Waals surface area contributed by atoms with Crippen LogP contribution in [0.5, 0.6) is 5.75 Å². The van der Waals surface area contributed by atoms with Crippen molar-refractivity contribution in [1.29, 1.82) is 0 Å². The van der Waals surface area contributed by atoms with Crippen molar-refractivity contribution < 1.29 is 33.4 Å². The number of benzene rings is 1. The molecule has 15 nitrogen and oxygen atoms in total. The number of nitrogens with one attached hydrogen (secondary N) is 1. The summed E-state index contributed by atoms with van der Waals surface area (Å²) < 4.78 is 32.1. The van der Waals surface area contributed by atoms with Crippen LogP contribution in [0.3, 0.4) is 0 Å². The van der Waals surface area contributed by atoms with E-state index in [0.29, 0.717) is 6.42 Å². The number of hydrogen-bond donors (Lipinski definition) is 4. The maximum absolute atomic E-state index is 14.0. The largest absolute Gasteiger partial charge is 0.424 e. The van der Waals surface area contributed by atoms with Gasteiger partial charge >= 0.3 is 13.3 Å². The highest BCUT2D eigenvalue weighted by Gasteiger charge is 2.56. The zero-order chi connectivity index (χ0) is 40.5. The maximum atomic E-state index is 14.0. The fourth-order valence-corrected chi connectivity index (χ4v) is 6.97. The Hall–Kier alpha value is -5.01. The number of carbonyl (C=O) groups is 1. The summed E-state index contributed by atoms with van der Waals surface area (Å²) in [5, 5.41) is 28.0. The maximum Gasteiger partial charge on any atom is 0.379 e. The second kappa shape index (κ2) is 25.2. The first kappa shape index (κ1) is 45.4. The summed E-state index contributed by atoms with van der Waals surface area (Å²) in [5.41, 5.74) is 11.7. The summed E-state index contributed by atoms with van der Waals surface area (Å²) >= 11 is 0. The van der Waals surface area contributed by atoms with Crippen LogP contribution < -0.4 is 21.3 Å². The molecule has 3 rings (SSSR count). The lowest BCUT2D eigenvalue weighted by Gasteiger charge is -2.29. The lowest BCUT2D eigenvalue weighted by atomic mass is 10.1. The number of ether oxygens (including phenoxy) is 1. The minimum absolute atomic E-state index is 0.0796. The van der Waals surface area contributed by atoms with Crippen molar-refractivity contribution in [2.24, 2.45) is 5.11 Å². The minimum atomic E-state index is -4.06. The Balaban J connectivity index is 1.42. The van der Waals surface area contributed by atoms with Crippen molar-refractivity contribution in [3.63, 3.8) is 0 Å². The van der Waals surface area contributed by atoms with Gasteiger partial charge in [-0.1, -0.05) is 103 Å². The van der Waals surface area contributed by atoms with E-state index in [4.69, 9.17) is 19.5 Å². The topological polar surface area (TPSA) is 224 Å². The van der Waals surface area contributed by atoms with E-state index in [-0.39, 0.29) is 43.0 Å². The number of aliphatic hydroxyl groups excluding tert-OH is 2. The first-order valence-electron chi connectivity index (χ1n) is 18.7. The average molecular weight is 792 g/mol. The van der Waals surface area contributed by atoms with Gasteiger partial charge in [0, 0.05) is 24.1 Å². The Labute approximate surface area is 328 Å². The number of amides is 1. The number of nitrogen functional groups attached to an aromatic ring is 1. The van der Waals surface area contributed by atoms with Gasteiger partial charge in [-0.05, 0) is 75.1 Å². The van der Waals surface area contributed by atoms with Gasteiger partial charge in [0.25, 0.3) is 0 Å². The summed E-state index contributed by atoms with van der Waals surface area (Å²) in [6.45, 7) is 1.49. The smallest absolute Gasteiger partial charge is 0.379 e. The van der Waals surface area contributed by atoms with Crippen molar-refractivity contribution in [3.8, 4) is 5.75 Å². The molecule has 0 aliphatic carbocycles. The Morgan fingerprint density at radius 3 is 2.16 bits per heavy atom. The molecule has 0 radical (unpaired) electrons. The normalized spacial score (nSPS) is 21.2. The molecule has 1 unspecified atom stereocenters. The fraction of sp³-hybridized carbons (Fsp3) is 0.425. The second-order valence-corrected chi connectivity index (χ2v) is 14.8. The molecule has 1 aliphatic heterocycles. The third-order valence-corrected chi connectivity index (χ3v) is 10.1. The molecule has 16 heteroatoms. The number of aromatic nitrogens is 2. The number of aliphatic hydroxyl groups is 2. The number of azide groups is 1. The number of carbonyl (C=O) groups excluding carboxylic acids is 1. The molecule has 1 aromatic carbocycles. The monoisotopic (exact) mass is 791 g/mol. The Morgan fingerprint density at radius 1 is 1.00 bits per heavy atom. The molecule has 302 valence electrons. The van der Waals surface area contributed by atoms with E-state index in [2.05, 4.69) is 88.0 Å². The Kier molecular flexibility index (Phi) is 20.4. The molecule has 1 saturated heterocycles. The predicted molar refractivity (Wildman–Crippen MR) is 217 cm³/mol. The number of hydrogen-bond acceptors (Lipinski definition) is 11. The molecule has 5 atom stereocenters. The lowest BCUT2D eigenvalue weighted by Crippen LogP contribution is -2.45. The van der Waals surface area contributed by atoms with Crippen LogP contribution in [0.1, 0.15) is 70.9 Å². The van der Waals surface area contributed by atoms with Gasteiger partial charge in [-0.3, -0.25) is 13.9 Å². The molecule has 5 N–H and O–H groups in total. The summed E-state index contributed by atoms with van der Waals surface area (Å²) in [4.78, 5) is 31.2. The third-order valence-electron chi connectivity index (χ3n) is 8.26. The van der Waals surface area contributed by atoms with E-state index >= 15 is 0 Å². The van der Waals surface area contributed by atoms with Crippen LogP contribution in [-0.2, 0) is 18.6 Å². The molecular formula is C40H54N7O8P. The van der Waals surface area contributed by atoms with Crippen LogP contribution in [0.15, 0.2) is 125 Å². The van der Waals surface area contributed by atoms with Gasteiger partial charge in [0.15, 0.2) is 6.23 Å². The van der Waals surface area contributed by atoms with Crippen molar-refractivity contribution >= 4 is 19.3 Å². The summed E-state index contributed by atoms with van der Waals surface area (Å²) in [7, 11) is -4.06. The molecule has 1 aliphatic rings. The highest BCUT2D eigenvalue weighted by molar-refractivity contribution is 7.54. The van der Waals surface area contributed by atoms with Crippen molar-refractivity contribution in [1.82, 2.24) is 14.9 Å². The molecule has 2 heterocycles. The fourth-order valence-electron chi connectivity index (χ4n) is 5.33. The molecule has 2 aromatic rings. The van der Waals surface area contributed by atoms with Crippen molar-refractivity contribution in [2.75, 3.05) is 25.0 Å². The molecule has 1 amide bonds. The van der Waals surface area contributed by atoms with E-state index < -0.39 is 44.1 Å². The highest BCUT2D eigenvalue weighted by Crippen LogP contribution is 2.51. The molecular weight excluding hydrogens is 737 g/mol. The van der Waals surface area contributed by atoms with E-state index in [0.717, 1.165) is 43.1 Å². The van der Waals surface area contributed by atoms with Crippen LogP contribution in [0, 0.1) is 0 Å². The number of rotatable bonds is 25. The summed E-state index contributed by atoms with van der Waals surface area (Å²) in [6.07, 6.45) is 27.9. The highest BCUT2D eigenvalue weighted by atomic mass is 31.2. The quantitative estimate of drug-likeness (QED) is 0.0195. The number of para-hydroxylation sites is 1. The van der Waals surface area contributed by atoms with Crippen molar-refractivity contribution in [2.45, 2.75) is 88.9 Å². The summed E-state index contributed by atoms with van der Waals surface area (Å²) in [6, 6.07) is 9.49. The first-order chi connectivity index (χ1) is 27.1. The van der Waals surface area contributed by atoms with Crippen LogP contribution in [0.2, 0.25) is 0 Å². The van der Waals surface area contributed by atoms with E-state index in [1.165, 1.54) is 12.3 Å². The van der Waals surface area contributed by atoms with Gasteiger partial charge < -0.3 is 30.5 Å². The number of anilines is 1. The van der Waals surface area contributed by atoms with E-state index in [1.807, 2.05) is 12.2 Å². The standard InChI is InChI=1S/C40H54N7O8P/c1-2-3-4-5-6-7-8-9-10-11-12-13-14-15-16-17-18-19-23-27-35(48)43-29-24-31-56(52,55-33-25-21-20-22-26-33)53-32-40(45-46-42)37(50)36(49)38(54-40)47-30-28-34(41)44-39(47)51/h3-4,6-7,9-10,12-13,15-16,18-22,25-26,28,30,36-38,49-50H,2,5,8,11,14,17,23-24,27,29,31-32H2,1H3,(H,43,48)(H2,41,44,51)/b4-3-,7-6-,10-9-,13-12-,16-15-,19-18-/t36-,37+,38-,40-,56?/m1/s1. The second-order valence-electron chi connectivity index (χ2n) is 12.7. The average Bonchev–Trinajstić information content (AvgIpc) is 3.42.